The number of nitrogens with one attached hydrogen (secondary N) is 1. The fraction of sp³-hybridized carbons (Fsp3) is 0.294. The summed E-state index contributed by atoms with van der Waals surface area (Å²) >= 11 is 0. The van der Waals surface area contributed by atoms with Crippen molar-refractivity contribution in [3.63, 3.8) is 0 Å². The van der Waals surface area contributed by atoms with Crippen LogP contribution in [0.2, 0.25) is 0 Å². The van der Waals surface area contributed by atoms with Gasteiger partial charge in [0.25, 0.3) is 0 Å². The van der Waals surface area contributed by atoms with E-state index in [1.807, 2.05) is 6.07 Å². The molecule has 0 saturated carbocycles. The van der Waals surface area contributed by atoms with E-state index in [4.69, 9.17) is 0 Å². The molecule has 0 aromatic heterocycles. The molecule has 0 bridgehead atoms. The summed E-state index contributed by atoms with van der Waals surface area (Å²) in [5, 5.41) is 3.40. The van der Waals surface area contributed by atoms with Crippen LogP contribution >= 0.6 is 0 Å². The minimum atomic E-state index is -3.17. The van der Waals surface area contributed by atoms with Crippen LogP contribution in [-0.4, -0.2) is 14.2 Å². The highest BCUT2D eigenvalue weighted by Gasteiger charge is 2.22. The summed E-state index contributed by atoms with van der Waals surface area (Å²) in [6.07, 6.45) is 1.76. The Hall–Kier alpha value is -1.88. The standard InChI is InChI=1S/C17H18FNO2S/c1-2-22(20,21)15-7-5-14(6-8-15)19-17-10-3-12-11-13(18)4-9-16(12)17/h4-9,11,17,19H,2-3,10H2,1H3. The number of hydrogen-bond acceptors (Lipinski definition) is 3. The molecule has 1 aliphatic rings. The summed E-state index contributed by atoms with van der Waals surface area (Å²) in [5.41, 5.74) is 3.03. The van der Waals surface area contributed by atoms with Crippen molar-refractivity contribution >= 4 is 15.5 Å². The van der Waals surface area contributed by atoms with Crippen LogP contribution in [0.3, 0.4) is 0 Å². The van der Waals surface area contributed by atoms with Gasteiger partial charge in [0.05, 0.1) is 16.7 Å². The third-order valence-electron chi connectivity index (χ3n) is 4.12. The van der Waals surface area contributed by atoms with E-state index in [0.717, 1.165) is 29.7 Å². The second kappa shape index (κ2) is 5.72. The van der Waals surface area contributed by atoms with Crippen molar-refractivity contribution < 1.29 is 12.8 Å². The number of fused-ring (bicyclic) bond motifs is 1. The molecule has 2 aromatic rings. The largest absolute Gasteiger partial charge is 0.378 e. The monoisotopic (exact) mass is 319 g/mol. The second-order valence-electron chi connectivity index (χ2n) is 5.51. The van der Waals surface area contributed by atoms with Gasteiger partial charge in [-0.3, -0.25) is 0 Å². The van der Waals surface area contributed by atoms with E-state index in [1.54, 1.807) is 37.3 Å². The fourth-order valence-electron chi connectivity index (χ4n) is 2.86. The van der Waals surface area contributed by atoms with Gasteiger partial charge in [0, 0.05) is 5.69 Å². The molecule has 0 amide bonds. The van der Waals surface area contributed by atoms with Gasteiger partial charge in [-0.2, -0.15) is 0 Å². The van der Waals surface area contributed by atoms with Crippen LogP contribution in [0.15, 0.2) is 47.4 Å². The summed E-state index contributed by atoms with van der Waals surface area (Å²) < 4.78 is 36.8. The first kappa shape index (κ1) is 15.0. The highest BCUT2D eigenvalue weighted by atomic mass is 32.2. The molecule has 3 rings (SSSR count). The quantitative estimate of drug-likeness (QED) is 0.934. The number of hydrogen-bond donors (Lipinski definition) is 1. The van der Waals surface area contributed by atoms with Gasteiger partial charge in [-0.25, -0.2) is 12.8 Å². The Labute approximate surface area is 130 Å². The highest BCUT2D eigenvalue weighted by molar-refractivity contribution is 7.91. The van der Waals surface area contributed by atoms with E-state index < -0.39 is 9.84 Å². The lowest BCUT2D eigenvalue weighted by atomic mass is 10.1. The van der Waals surface area contributed by atoms with Gasteiger partial charge in [0.1, 0.15) is 5.82 Å². The first-order chi connectivity index (χ1) is 10.5. The molecular weight excluding hydrogens is 301 g/mol. The Morgan fingerprint density at radius 3 is 2.59 bits per heavy atom. The molecule has 1 aliphatic carbocycles. The van der Waals surface area contributed by atoms with Crippen LogP contribution in [-0.2, 0) is 16.3 Å². The fourth-order valence-corrected chi connectivity index (χ4v) is 3.75. The number of halogens is 1. The molecule has 0 spiro atoms. The third-order valence-corrected chi connectivity index (χ3v) is 5.87. The van der Waals surface area contributed by atoms with E-state index in [-0.39, 0.29) is 17.6 Å². The second-order valence-corrected chi connectivity index (χ2v) is 7.78. The molecule has 1 atom stereocenters. The van der Waals surface area contributed by atoms with Crippen molar-refractivity contribution in [3.8, 4) is 0 Å². The zero-order chi connectivity index (χ0) is 15.7. The van der Waals surface area contributed by atoms with Crippen LogP contribution in [0.4, 0.5) is 10.1 Å². The molecule has 0 radical (unpaired) electrons. The Morgan fingerprint density at radius 1 is 1.18 bits per heavy atom. The zero-order valence-electron chi connectivity index (χ0n) is 12.3. The van der Waals surface area contributed by atoms with Crippen LogP contribution in [0.5, 0.6) is 0 Å². The predicted octanol–water partition coefficient (Wildman–Crippen LogP) is 3.72. The van der Waals surface area contributed by atoms with Crippen molar-refractivity contribution in [2.24, 2.45) is 0 Å². The highest BCUT2D eigenvalue weighted by Crippen LogP contribution is 2.34. The van der Waals surface area contributed by atoms with Gasteiger partial charge in [-0.15, -0.1) is 0 Å². The molecule has 116 valence electrons. The van der Waals surface area contributed by atoms with Gasteiger partial charge in [0.2, 0.25) is 0 Å². The summed E-state index contributed by atoms with van der Waals surface area (Å²) in [7, 11) is -3.17. The molecule has 0 saturated heterocycles. The zero-order valence-corrected chi connectivity index (χ0v) is 13.2. The Kier molecular flexibility index (Phi) is 3.91. The minimum Gasteiger partial charge on any atom is -0.378 e. The van der Waals surface area contributed by atoms with Crippen molar-refractivity contribution in [2.45, 2.75) is 30.7 Å². The van der Waals surface area contributed by atoms with E-state index >= 15 is 0 Å². The molecule has 5 heteroatoms. The molecule has 1 N–H and O–H groups in total. The number of aryl methyl sites for hydroxylation is 1. The predicted molar refractivity (Wildman–Crippen MR) is 85.3 cm³/mol. The molecule has 22 heavy (non-hydrogen) atoms. The lowest BCUT2D eigenvalue weighted by Gasteiger charge is -2.16. The smallest absolute Gasteiger partial charge is 0.178 e. The van der Waals surface area contributed by atoms with Gasteiger partial charge in [0.15, 0.2) is 9.84 Å². The molecule has 1 unspecified atom stereocenters. The van der Waals surface area contributed by atoms with Gasteiger partial charge in [-0.1, -0.05) is 13.0 Å². The van der Waals surface area contributed by atoms with E-state index in [9.17, 15) is 12.8 Å². The van der Waals surface area contributed by atoms with Crippen molar-refractivity contribution in [1.82, 2.24) is 0 Å². The average Bonchev–Trinajstić information content (AvgIpc) is 2.90. The minimum absolute atomic E-state index is 0.0986. The van der Waals surface area contributed by atoms with Crippen molar-refractivity contribution in [1.29, 1.82) is 0 Å². The van der Waals surface area contributed by atoms with Crippen LogP contribution in [0, 0.1) is 5.82 Å². The molecular formula is C17H18FNO2S. The van der Waals surface area contributed by atoms with Crippen molar-refractivity contribution in [3.05, 3.63) is 59.4 Å². The Bertz CT molecular complexity index is 785. The maximum atomic E-state index is 13.2. The van der Waals surface area contributed by atoms with Gasteiger partial charge in [-0.05, 0) is 60.4 Å². The third kappa shape index (κ3) is 2.86. The molecule has 0 fully saturated rings. The number of sulfone groups is 1. The topological polar surface area (TPSA) is 46.2 Å². The van der Waals surface area contributed by atoms with E-state index in [2.05, 4.69) is 5.32 Å². The molecule has 0 aliphatic heterocycles. The maximum Gasteiger partial charge on any atom is 0.178 e. The molecule has 3 nitrogen and oxygen atoms in total. The molecule has 2 aromatic carbocycles. The summed E-state index contributed by atoms with van der Waals surface area (Å²) in [6, 6.07) is 11.9. The van der Waals surface area contributed by atoms with Gasteiger partial charge < -0.3 is 5.32 Å². The van der Waals surface area contributed by atoms with Crippen LogP contribution in [0.1, 0.15) is 30.5 Å². The van der Waals surface area contributed by atoms with Crippen LogP contribution in [0.25, 0.3) is 0 Å². The number of benzene rings is 2. The van der Waals surface area contributed by atoms with Crippen molar-refractivity contribution in [2.75, 3.05) is 11.1 Å². The van der Waals surface area contributed by atoms with Crippen LogP contribution < -0.4 is 5.32 Å². The number of rotatable bonds is 4. The van der Waals surface area contributed by atoms with Gasteiger partial charge >= 0.3 is 0 Å². The first-order valence-electron chi connectivity index (χ1n) is 7.37. The lowest BCUT2D eigenvalue weighted by molar-refractivity contribution is 0.597. The van der Waals surface area contributed by atoms with E-state index in [1.165, 1.54) is 6.07 Å². The maximum absolute atomic E-state index is 13.2. The first-order valence-corrected chi connectivity index (χ1v) is 9.02. The van der Waals surface area contributed by atoms with E-state index in [0.29, 0.717) is 4.90 Å². The number of anilines is 1. The SMILES string of the molecule is CCS(=O)(=O)c1ccc(NC2CCc3cc(F)ccc32)cc1. The average molecular weight is 319 g/mol. The Balaban J connectivity index is 1.78. The Morgan fingerprint density at radius 2 is 1.91 bits per heavy atom. The lowest BCUT2D eigenvalue weighted by Crippen LogP contribution is -2.08. The normalized spacial score (nSPS) is 17.3. The summed E-state index contributed by atoms with van der Waals surface area (Å²) in [4.78, 5) is 0.342. The summed E-state index contributed by atoms with van der Waals surface area (Å²) in [6.45, 7) is 1.64. The summed E-state index contributed by atoms with van der Waals surface area (Å²) in [5.74, 6) is -0.102. The molecule has 0 heterocycles.